The largest absolute Gasteiger partial charge is 0.416 e. The molecular weight excluding hydrogens is 522 g/mol. The third-order valence-corrected chi connectivity index (χ3v) is 4.87. The number of aliphatic imine (C=N–C) groups is 1. The summed E-state index contributed by atoms with van der Waals surface area (Å²) < 4.78 is 40.4. The first-order valence-electron chi connectivity index (χ1n) is 9.93. The molecule has 0 aliphatic rings. The standard InChI is InChI=1S/C21H30F3N5O.HI/c1-5-25-19(27-14-20(3,30)18-12-28-29(4)13-18)26-10-9-15(2)16-7-6-8-17(11-16)21(22,23)24;/h6-8,11-13,15,30H,5,9-10,14H2,1-4H3,(H2,25,26,27);1H. The van der Waals surface area contributed by atoms with Crippen LogP contribution in [0.2, 0.25) is 0 Å². The molecule has 0 fully saturated rings. The average molecular weight is 553 g/mol. The van der Waals surface area contributed by atoms with E-state index in [-0.39, 0.29) is 36.4 Å². The van der Waals surface area contributed by atoms with Gasteiger partial charge in [0, 0.05) is 31.9 Å². The minimum Gasteiger partial charge on any atom is -0.383 e. The minimum absolute atomic E-state index is 0. The van der Waals surface area contributed by atoms with Gasteiger partial charge in [0.05, 0.1) is 18.3 Å². The predicted octanol–water partition coefficient (Wildman–Crippen LogP) is 4.01. The number of aryl methyl sites for hydroxylation is 1. The first kappa shape index (κ1) is 27.2. The maximum atomic E-state index is 12.9. The fraction of sp³-hybridized carbons (Fsp3) is 0.524. The Bertz CT molecular complexity index is 852. The van der Waals surface area contributed by atoms with Crippen molar-refractivity contribution in [1.82, 2.24) is 20.4 Å². The van der Waals surface area contributed by atoms with Crippen LogP contribution >= 0.6 is 24.0 Å². The molecule has 0 aliphatic heterocycles. The highest BCUT2D eigenvalue weighted by Gasteiger charge is 2.30. The van der Waals surface area contributed by atoms with E-state index in [4.69, 9.17) is 0 Å². The SMILES string of the molecule is CCNC(=NCC(C)(O)c1cnn(C)c1)NCCC(C)c1cccc(C(F)(F)F)c1.I. The van der Waals surface area contributed by atoms with Crippen molar-refractivity contribution in [2.45, 2.75) is 44.9 Å². The van der Waals surface area contributed by atoms with Gasteiger partial charge in [0.2, 0.25) is 0 Å². The number of guanidine groups is 1. The lowest BCUT2D eigenvalue weighted by Crippen LogP contribution is -2.39. The van der Waals surface area contributed by atoms with Crippen LogP contribution in [-0.4, -0.2) is 40.5 Å². The number of benzene rings is 1. The van der Waals surface area contributed by atoms with Gasteiger partial charge in [0.1, 0.15) is 5.60 Å². The number of aliphatic hydroxyl groups is 1. The molecule has 0 amide bonds. The fourth-order valence-corrected chi connectivity index (χ4v) is 2.96. The smallest absolute Gasteiger partial charge is 0.383 e. The fourth-order valence-electron chi connectivity index (χ4n) is 2.96. The van der Waals surface area contributed by atoms with E-state index in [1.165, 1.54) is 12.1 Å². The summed E-state index contributed by atoms with van der Waals surface area (Å²) in [6.07, 6.45) is -0.367. The normalized spacial score (nSPS) is 15.0. The van der Waals surface area contributed by atoms with E-state index in [1.54, 1.807) is 37.1 Å². The van der Waals surface area contributed by atoms with Crippen molar-refractivity contribution in [2.75, 3.05) is 19.6 Å². The molecule has 2 rings (SSSR count). The van der Waals surface area contributed by atoms with Crippen LogP contribution in [-0.2, 0) is 18.8 Å². The number of aromatic nitrogens is 2. The number of rotatable bonds is 8. The Labute approximate surface area is 198 Å². The number of alkyl halides is 3. The van der Waals surface area contributed by atoms with E-state index < -0.39 is 17.3 Å². The van der Waals surface area contributed by atoms with Crippen molar-refractivity contribution in [3.05, 3.63) is 53.3 Å². The molecule has 2 unspecified atom stereocenters. The van der Waals surface area contributed by atoms with Gasteiger partial charge in [-0.3, -0.25) is 4.68 Å². The van der Waals surface area contributed by atoms with Gasteiger partial charge in [-0.1, -0.05) is 25.1 Å². The third-order valence-electron chi connectivity index (χ3n) is 4.87. The second-order valence-electron chi connectivity index (χ2n) is 7.61. The molecule has 0 aliphatic carbocycles. The van der Waals surface area contributed by atoms with Crippen molar-refractivity contribution >= 4 is 29.9 Å². The van der Waals surface area contributed by atoms with Gasteiger partial charge in [-0.25, -0.2) is 4.99 Å². The molecule has 31 heavy (non-hydrogen) atoms. The molecule has 0 bridgehead atoms. The Morgan fingerprint density at radius 1 is 1.26 bits per heavy atom. The molecule has 0 saturated carbocycles. The molecule has 174 valence electrons. The second-order valence-corrected chi connectivity index (χ2v) is 7.61. The van der Waals surface area contributed by atoms with Crippen LogP contribution in [0.4, 0.5) is 13.2 Å². The Balaban J connectivity index is 0.00000480. The van der Waals surface area contributed by atoms with Crippen molar-refractivity contribution < 1.29 is 18.3 Å². The highest BCUT2D eigenvalue weighted by molar-refractivity contribution is 14.0. The molecule has 2 aromatic rings. The second kappa shape index (κ2) is 11.7. The van der Waals surface area contributed by atoms with Crippen LogP contribution < -0.4 is 10.6 Å². The van der Waals surface area contributed by atoms with Crippen molar-refractivity contribution in [1.29, 1.82) is 0 Å². The first-order chi connectivity index (χ1) is 14.0. The molecule has 3 N–H and O–H groups in total. The maximum absolute atomic E-state index is 12.9. The lowest BCUT2D eigenvalue weighted by atomic mass is 9.96. The Hall–Kier alpha value is -1.82. The summed E-state index contributed by atoms with van der Waals surface area (Å²) in [6.45, 7) is 6.81. The summed E-state index contributed by atoms with van der Waals surface area (Å²) in [4.78, 5) is 4.45. The lowest BCUT2D eigenvalue weighted by Gasteiger charge is -2.21. The van der Waals surface area contributed by atoms with Crippen LogP contribution in [0.25, 0.3) is 0 Å². The molecule has 0 radical (unpaired) electrons. The van der Waals surface area contributed by atoms with Gasteiger partial charge in [0.25, 0.3) is 0 Å². The lowest BCUT2D eigenvalue weighted by molar-refractivity contribution is -0.137. The van der Waals surface area contributed by atoms with Crippen molar-refractivity contribution in [3.8, 4) is 0 Å². The molecular formula is C21H31F3IN5O. The van der Waals surface area contributed by atoms with Crippen LogP contribution in [0.1, 0.15) is 49.8 Å². The highest BCUT2D eigenvalue weighted by atomic mass is 127. The summed E-state index contributed by atoms with van der Waals surface area (Å²) in [5.74, 6) is 0.485. The zero-order valence-electron chi connectivity index (χ0n) is 18.2. The van der Waals surface area contributed by atoms with Crippen LogP contribution in [0.5, 0.6) is 0 Å². The minimum atomic E-state index is -4.34. The number of nitrogens with zero attached hydrogens (tertiary/aromatic N) is 3. The van der Waals surface area contributed by atoms with Gasteiger partial charge < -0.3 is 15.7 Å². The van der Waals surface area contributed by atoms with E-state index >= 15 is 0 Å². The van der Waals surface area contributed by atoms with Gasteiger partial charge in [0.15, 0.2) is 5.96 Å². The third kappa shape index (κ3) is 8.32. The van der Waals surface area contributed by atoms with Gasteiger partial charge >= 0.3 is 6.18 Å². The van der Waals surface area contributed by atoms with Gasteiger partial charge in [-0.2, -0.15) is 18.3 Å². The average Bonchev–Trinajstić information content (AvgIpc) is 3.13. The topological polar surface area (TPSA) is 74.5 Å². The number of hydrogen-bond donors (Lipinski definition) is 3. The summed E-state index contributed by atoms with van der Waals surface area (Å²) in [5.41, 5.74) is -0.481. The summed E-state index contributed by atoms with van der Waals surface area (Å²) in [6, 6.07) is 5.44. The molecule has 1 aromatic carbocycles. The van der Waals surface area contributed by atoms with E-state index in [9.17, 15) is 18.3 Å². The monoisotopic (exact) mass is 553 g/mol. The Morgan fingerprint density at radius 2 is 1.97 bits per heavy atom. The van der Waals surface area contributed by atoms with Crippen molar-refractivity contribution in [2.24, 2.45) is 12.0 Å². The van der Waals surface area contributed by atoms with Crippen LogP contribution in [0.15, 0.2) is 41.7 Å². The zero-order valence-corrected chi connectivity index (χ0v) is 20.5. The predicted molar refractivity (Wildman–Crippen MR) is 127 cm³/mol. The van der Waals surface area contributed by atoms with E-state index in [1.807, 2.05) is 13.8 Å². The van der Waals surface area contributed by atoms with E-state index in [2.05, 4.69) is 20.7 Å². The summed E-state index contributed by atoms with van der Waals surface area (Å²) in [5, 5.41) is 21.0. The van der Waals surface area contributed by atoms with Crippen molar-refractivity contribution in [3.63, 3.8) is 0 Å². The molecule has 1 heterocycles. The summed E-state index contributed by atoms with van der Waals surface area (Å²) >= 11 is 0. The van der Waals surface area contributed by atoms with E-state index in [0.717, 1.165) is 6.07 Å². The van der Waals surface area contributed by atoms with E-state index in [0.29, 0.717) is 36.6 Å². The van der Waals surface area contributed by atoms with Gasteiger partial charge in [-0.15, -0.1) is 24.0 Å². The maximum Gasteiger partial charge on any atom is 0.416 e. The number of nitrogens with one attached hydrogen (secondary N) is 2. The molecule has 2 atom stereocenters. The Kier molecular flexibility index (Phi) is 10.3. The number of hydrogen-bond acceptors (Lipinski definition) is 3. The van der Waals surface area contributed by atoms with Crippen LogP contribution in [0, 0.1) is 0 Å². The summed E-state index contributed by atoms with van der Waals surface area (Å²) in [7, 11) is 1.78. The molecule has 10 heteroatoms. The zero-order chi connectivity index (χ0) is 22.4. The van der Waals surface area contributed by atoms with Gasteiger partial charge in [-0.05, 0) is 37.8 Å². The molecule has 0 saturated heterocycles. The Morgan fingerprint density at radius 3 is 2.55 bits per heavy atom. The van der Waals surface area contributed by atoms with Crippen LogP contribution in [0.3, 0.4) is 0 Å². The number of halogens is 4. The molecule has 1 aromatic heterocycles. The first-order valence-corrected chi connectivity index (χ1v) is 9.93. The molecule has 0 spiro atoms. The quantitative estimate of drug-likeness (QED) is 0.263. The molecule has 6 nitrogen and oxygen atoms in total. The highest BCUT2D eigenvalue weighted by Crippen LogP contribution is 2.31.